The highest BCUT2D eigenvalue weighted by Crippen LogP contribution is 2.40. The van der Waals surface area contributed by atoms with E-state index in [1.54, 1.807) is 19.9 Å². The highest BCUT2D eigenvalue weighted by atomic mass is 35.5. The number of phenols is 2. The third-order valence-electron chi connectivity index (χ3n) is 2.16. The quantitative estimate of drug-likeness (QED) is 0.763. The van der Waals surface area contributed by atoms with Crippen LogP contribution in [0.15, 0.2) is 6.08 Å². The van der Waals surface area contributed by atoms with E-state index < -0.39 is 0 Å². The van der Waals surface area contributed by atoms with Gasteiger partial charge < -0.3 is 10.2 Å². The van der Waals surface area contributed by atoms with Crippen LogP contribution in [0.5, 0.6) is 11.5 Å². The fourth-order valence-electron chi connectivity index (χ4n) is 1.32. The SMILES string of the molecule is CC=Cc1c(O)c(Cl)c(C)c(C=O)c1O. The zero-order chi connectivity index (χ0) is 11.6. The smallest absolute Gasteiger partial charge is 0.154 e. The fourth-order valence-corrected chi connectivity index (χ4v) is 1.52. The van der Waals surface area contributed by atoms with Crippen molar-refractivity contribution in [1.82, 2.24) is 0 Å². The first-order valence-corrected chi connectivity index (χ1v) is 4.74. The van der Waals surface area contributed by atoms with Crippen LogP contribution in [0.1, 0.15) is 28.4 Å². The molecule has 0 aliphatic heterocycles. The molecule has 15 heavy (non-hydrogen) atoms. The summed E-state index contributed by atoms with van der Waals surface area (Å²) in [5.74, 6) is -0.460. The molecule has 0 aliphatic carbocycles. The Bertz CT molecular complexity index is 436. The number of rotatable bonds is 2. The zero-order valence-electron chi connectivity index (χ0n) is 8.41. The first kappa shape index (κ1) is 11.6. The number of aldehydes is 1. The van der Waals surface area contributed by atoms with Gasteiger partial charge in [0.1, 0.15) is 11.5 Å². The Morgan fingerprint density at radius 2 is 1.80 bits per heavy atom. The molecule has 2 N–H and O–H groups in total. The molecule has 0 saturated heterocycles. The molecule has 0 atom stereocenters. The molecule has 0 saturated carbocycles. The van der Waals surface area contributed by atoms with E-state index in [9.17, 15) is 15.0 Å². The lowest BCUT2D eigenvalue weighted by molar-refractivity contribution is 0.112. The Labute approximate surface area is 92.6 Å². The first-order valence-electron chi connectivity index (χ1n) is 4.36. The van der Waals surface area contributed by atoms with Crippen LogP contribution in [-0.4, -0.2) is 16.5 Å². The zero-order valence-corrected chi connectivity index (χ0v) is 9.17. The van der Waals surface area contributed by atoms with Crippen molar-refractivity contribution in [3.05, 3.63) is 27.8 Å². The van der Waals surface area contributed by atoms with E-state index in [2.05, 4.69) is 0 Å². The number of phenolic OH excluding ortho intramolecular Hbond substituents is 2. The van der Waals surface area contributed by atoms with E-state index in [1.165, 1.54) is 6.08 Å². The van der Waals surface area contributed by atoms with Gasteiger partial charge >= 0.3 is 0 Å². The van der Waals surface area contributed by atoms with Crippen molar-refractivity contribution in [1.29, 1.82) is 0 Å². The summed E-state index contributed by atoms with van der Waals surface area (Å²) >= 11 is 5.82. The lowest BCUT2D eigenvalue weighted by Gasteiger charge is -2.10. The lowest BCUT2D eigenvalue weighted by atomic mass is 10.0. The molecule has 0 aliphatic rings. The predicted molar refractivity (Wildman–Crippen MR) is 59.6 cm³/mol. The number of halogens is 1. The van der Waals surface area contributed by atoms with Crippen LogP contribution in [0.25, 0.3) is 6.08 Å². The summed E-state index contributed by atoms with van der Waals surface area (Å²) in [5.41, 5.74) is 0.635. The van der Waals surface area contributed by atoms with Gasteiger partial charge in [-0.2, -0.15) is 0 Å². The van der Waals surface area contributed by atoms with Gasteiger partial charge in [-0.3, -0.25) is 4.79 Å². The average Bonchev–Trinajstić information content (AvgIpc) is 2.22. The van der Waals surface area contributed by atoms with Gasteiger partial charge in [0.15, 0.2) is 6.29 Å². The van der Waals surface area contributed by atoms with E-state index >= 15 is 0 Å². The van der Waals surface area contributed by atoms with E-state index in [0.717, 1.165) is 0 Å². The summed E-state index contributed by atoms with van der Waals surface area (Å²) in [6.07, 6.45) is 3.64. The van der Waals surface area contributed by atoms with Crippen LogP contribution < -0.4 is 0 Å². The molecule has 4 heteroatoms. The summed E-state index contributed by atoms with van der Waals surface area (Å²) in [4.78, 5) is 10.7. The molecular formula is C11H11ClO3. The highest BCUT2D eigenvalue weighted by molar-refractivity contribution is 6.33. The number of carbonyl (C=O) groups is 1. The Morgan fingerprint density at radius 1 is 1.20 bits per heavy atom. The van der Waals surface area contributed by atoms with Gasteiger partial charge in [0, 0.05) is 0 Å². The standard InChI is InChI=1S/C11H11ClO3/c1-3-4-7-10(14)8(5-13)6(2)9(12)11(7)15/h3-5,14-15H,1-2H3. The van der Waals surface area contributed by atoms with Crippen LogP contribution in [0.4, 0.5) is 0 Å². The van der Waals surface area contributed by atoms with Crippen molar-refractivity contribution < 1.29 is 15.0 Å². The summed E-state index contributed by atoms with van der Waals surface area (Å²) < 4.78 is 0. The second-order valence-electron chi connectivity index (χ2n) is 3.08. The van der Waals surface area contributed by atoms with Gasteiger partial charge in [-0.25, -0.2) is 0 Å². The van der Waals surface area contributed by atoms with E-state index in [4.69, 9.17) is 11.6 Å². The Morgan fingerprint density at radius 3 is 2.27 bits per heavy atom. The molecule has 0 bridgehead atoms. The van der Waals surface area contributed by atoms with E-state index in [-0.39, 0.29) is 27.6 Å². The third-order valence-corrected chi connectivity index (χ3v) is 2.62. The van der Waals surface area contributed by atoms with Gasteiger partial charge in [-0.15, -0.1) is 0 Å². The molecule has 0 heterocycles. The van der Waals surface area contributed by atoms with Crippen LogP contribution in [-0.2, 0) is 0 Å². The Hall–Kier alpha value is -1.48. The van der Waals surface area contributed by atoms with Crippen LogP contribution >= 0.6 is 11.6 Å². The van der Waals surface area contributed by atoms with Crippen molar-refractivity contribution in [2.75, 3.05) is 0 Å². The molecule has 0 fully saturated rings. The maximum atomic E-state index is 10.7. The van der Waals surface area contributed by atoms with Crippen molar-refractivity contribution in [2.24, 2.45) is 0 Å². The fraction of sp³-hybridized carbons (Fsp3) is 0.182. The Kier molecular flexibility index (Phi) is 3.37. The molecule has 3 nitrogen and oxygen atoms in total. The minimum Gasteiger partial charge on any atom is -0.506 e. The number of carbonyl (C=O) groups excluding carboxylic acids is 1. The molecule has 0 radical (unpaired) electrons. The van der Waals surface area contributed by atoms with Crippen LogP contribution in [0.3, 0.4) is 0 Å². The summed E-state index contributed by atoms with van der Waals surface area (Å²) in [5, 5.41) is 19.4. The maximum Gasteiger partial charge on any atom is 0.154 e. The van der Waals surface area contributed by atoms with Gasteiger partial charge in [-0.1, -0.05) is 23.8 Å². The monoisotopic (exact) mass is 226 g/mol. The number of hydrogen-bond donors (Lipinski definition) is 2. The Balaban J connectivity index is 3.67. The molecular weight excluding hydrogens is 216 g/mol. The molecule has 80 valence electrons. The highest BCUT2D eigenvalue weighted by Gasteiger charge is 2.17. The molecule has 0 spiro atoms. The first-order chi connectivity index (χ1) is 7.04. The van der Waals surface area contributed by atoms with Crippen molar-refractivity contribution >= 4 is 24.0 Å². The molecule has 1 aromatic carbocycles. The average molecular weight is 227 g/mol. The second kappa shape index (κ2) is 4.36. The number of hydrogen-bond acceptors (Lipinski definition) is 3. The van der Waals surface area contributed by atoms with Gasteiger partial charge in [-0.05, 0) is 19.4 Å². The number of allylic oxidation sites excluding steroid dienone is 1. The summed E-state index contributed by atoms with van der Waals surface area (Å²) in [6.45, 7) is 3.29. The largest absolute Gasteiger partial charge is 0.506 e. The van der Waals surface area contributed by atoms with Crippen LogP contribution in [0, 0.1) is 6.92 Å². The minimum atomic E-state index is -0.248. The normalized spacial score (nSPS) is 10.9. The van der Waals surface area contributed by atoms with Crippen molar-refractivity contribution in [2.45, 2.75) is 13.8 Å². The maximum absolute atomic E-state index is 10.7. The minimum absolute atomic E-state index is 0.0861. The second-order valence-corrected chi connectivity index (χ2v) is 3.46. The summed E-state index contributed by atoms with van der Waals surface area (Å²) in [7, 11) is 0. The molecule has 0 aromatic heterocycles. The van der Waals surface area contributed by atoms with Gasteiger partial charge in [0.05, 0.1) is 16.1 Å². The molecule has 0 unspecified atom stereocenters. The number of aromatic hydroxyl groups is 2. The van der Waals surface area contributed by atoms with E-state index in [0.29, 0.717) is 11.8 Å². The van der Waals surface area contributed by atoms with E-state index in [1.807, 2.05) is 0 Å². The van der Waals surface area contributed by atoms with Crippen molar-refractivity contribution in [3.8, 4) is 11.5 Å². The van der Waals surface area contributed by atoms with Gasteiger partial charge in [0.2, 0.25) is 0 Å². The predicted octanol–water partition coefficient (Wildman–Crippen LogP) is 2.91. The van der Waals surface area contributed by atoms with Gasteiger partial charge in [0.25, 0.3) is 0 Å². The molecule has 1 rings (SSSR count). The topological polar surface area (TPSA) is 57.5 Å². The molecule has 1 aromatic rings. The van der Waals surface area contributed by atoms with Crippen LogP contribution in [0.2, 0.25) is 5.02 Å². The number of benzene rings is 1. The summed E-state index contributed by atoms with van der Waals surface area (Å²) in [6, 6.07) is 0. The molecule has 0 amide bonds. The third kappa shape index (κ3) is 1.83. The lowest BCUT2D eigenvalue weighted by Crippen LogP contribution is -1.92. The van der Waals surface area contributed by atoms with Crippen molar-refractivity contribution in [3.63, 3.8) is 0 Å².